The smallest absolute Gasteiger partial charge is 0.273 e. The van der Waals surface area contributed by atoms with Gasteiger partial charge in [-0.3, -0.25) is 14.8 Å². The number of nitrogens with one attached hydrogen (secondary N) is 1. The highest BCUT2D eigenvalue weighted by atomic mass is 127. The van der Waals surface area contributed by atoms with Crippen molar-refractivity contribution in [3.05, 3.63) is 61.7 Å². The van der Waals surface area contributed by atoms with Crippen molar-refractivity contribution in [2.45, 2.75) is 11.8 Å². The summed E-state index contributed by atoms with van der Waals surface area (Å²) in [6, 6.07) is 10.5. The summed E-state index contributed by atoms with van der Waals surface area (Å²) >= 11 is 2.06. The lowest BCUT2D eigenvalue weighted by atomic mass is 10.2. The van der Waals surface area contributed by atoms with E-state index in [1.54, 1.807) is 25.1 Å². The number of hydrogen-bond donors (Lipinski definition) is 1. The molecule has 0 bridgehead atoms. The topological polar surface area (TPSA) is 89.3 Å². The van der Waals surface area contributed by atoms with Gasteiger partial charge in [-0.1, -0.05) is 6.07 Å². The van der Waals surface area contributed by atoms with E-state index in [4.69, 9.17) is 0 Å². The highest BCUT2D eigenvalue weighted by Crippen LogP contribution is 2.27. The Morgan fingerprint density at radius 2 is 1.76 bits per heavy atom. The zero-order valence-electron chi connectivity index (χ0n) is 10.9. The van der Waals surface area contributed by atoms with Crippen LogP contribution in [0.1, 0.15) is 5.56 Å². The second-order valence-electron chi connectivity index (χ2n) is 4.34. The quantitative estimate of drug-likeness (QED) is 0.469. The van der Waals surface area contributed by atoms with E-state index in [9.17, 15) is 18.5 Å². The maximum atomic E-state index is 12.2. The van der Waals surface area contributed by atoms with Crippen LogP contribution in [-0.2, 0) is 10.0 Å². The van der Waals surface area contributed by atoms with Crippen molar-refractivity contribution in [3.8, 4) is 0 Å². The molecule has 1 N–H and O–H groups in total. The zero-order chi connectivity index (χ0) is 15.6. The van der Waals surface area contributed by atoms with Crippen LogP contribution in [0.4, 0.5) is 11.4 Å². The number of rotatable bonds is 4. The maximum Gasteiger partial charge on any atom is 0.293 e. The lowest BCUT2D eigenvalue weighted by molar-refractivity contribution is -0.383. The van der Waals surface area contributed by atoms with Crippen LogP contribution in [0.5, 0.6) is 0 Å². The van der Waals surface area contributed by atoms with E-state index in [0.29, 0.717) is 5.56 Å². The first kappa shape index (κ1) is 15.7. The van der Waals surface area contributed by atoms with Gasteiger partial charge in [-0.2, -0.15) is 0 Å². The summed E-state index contributed by atoms with van der Waals surface area (Å²) in [6.45, 7) is 1.70. The van der Waals surface area contributed by atoms with Crippen molar-refractivity contribution in [1.29, 1.82) is 0 Å². The van der Waals surface area contributed by atoms with Gasteiger partial charge in [-0.25, -0.2) is 8.42 Å². The Hall–Kier alpha value is -1.68. The van der Waals surface area contributed by atoms with Gasteiger partial charge >= 0.3 is 0 Å². The molecule has 0 spiro atoms. The van der Waals surface area contributed by atoms with E-state index >= 15 is 0 Å². The molecule has 0 saturated heterocycles. The van der Waals surface area contributed by atoms with Gasteiger partial charge in [0, 0.05) is 9.64 Å². The maximum absolute atomic E-state index is 12.2. The van der Waals surface area contributed by atoms with E-state index in [2.05, 4.69) is 27.3 Å². The number of aryl methyl sites for hydroxylation is 1. The molecule has 0 amide bonds. The normalized spacial score (nSPS) is 11.1. The van der Waals surface area contributed by atoms with Crippen LogP contribution in [0.15, 0.2) is 47.4 Å². The number of hydrogen-bond acceptors (Lipinski definition) is 4. The molecule has 0 fully saturated rings. The van der Waals surface area contributed by atoms with Gasteiger partial charge in [0.15, 0.2) is 0 Å². The monoisotopic (exact) mass is 418 g/mol. The molecule has 2 aromatic carbocycles. The molecule has 6 nitrogen and oxygen atoms in total. The Morgan fingerprint density at radius 3 is 2.33 bits per heavy atom. The van der Waals surface area contributed by atoms with Crippen LogP contribution < -0.4 is 4.72 Å². The van der Waals surface area contributed by atoms with Crippen molar-refractivity contribution in [1.82, 2.24) is 0 Å². The molecule has 0 heterocycles. The molecule has 2 aromatic rings. The highest BCUT2D eigenvalue weighted by Gasteiger charge is 2.20. The number of nitrogens with zero attached hydrogens (tertiary/aromatic N) is 1. The van der Waals surface area contributed by atoms with Gasteiger partial charge in [-0.05, 0) is 65.4 Å². The molecule has 0 atom stereocenters. The minimum absolute atomic E-state index is 0.0517. The summed E-state index contributed by atoms with van der Waals surface area (Å²) < 4.78 is 27.6. The van der Waals surface area contributed by atoms with E-state index in [1.165, 1.54) is 24.3 Å². The Bertz CT molecular complexity index is 788. The SMILES string of the molecule is Cc1ccc(NS(=O)(=O)c2ccc(I)cc2)c([N+](=O)[O-])c1. The first-order chi connectivity index (χ1) is 9.79. The first-order valence-corrected chi connectivity index (χ1v) is 8.39. The van der Waals surface area contributed by atoms with Crippen molar-refractivity contribution in [2.24, 2.45) is 0 Å². The third-order valence-corrected chi connectivity index (χ3v) is 4.82. The van der Waals surface area contributed by atoms with Gasteiger partial charge in [-0.15, -0.1) is 0 Å². The molecule has 0 saturated carbocycles. The fraction of sp³-hybridized carbons (Fsp3) is 0.0769. The van der Waals surface area contributed by atoms with Crippen LogP contribution in [0.25, 0.3) is 0 Å². The minimum atomic E-state index is -3.86. The second kappa shape index (κ2) is 5.98. The molecule has 0 radical (unpaired) electrons. The van der Waals surface area contributed by atoms with Crippen LogP contribution in [0.2, 0.25) is 0 Å². The van der Waals surface area contributed by atoms with Gasteiger partial charge in [0.25, 0.3) is 15.7 Å². The summed E-state index contributed by atoms with van der Waals surface area (Å²) in [4.78, 5) is 10.5. The highest BCUT2D eigenvalue weighted by molar-refractivity contribution is 14.1. The molecule has 0 aliphatic heterocycles. The van der Waals surface area contributed by atoms with Gasteiger partial charge in [0.2, 0.25) is 0 Å². The number of nitro groups is 1. The third kappa shape index (κ3) is 3.70. The van der Waals surface area contributed by atoms with Gasteiger partial charge in [0.1, 0.15) is 5.69 Å². The summed E-state index contributed by atoms with van der Waals surface area (Å²) in [5, 5.41) is 11.0. The molecule has 0 aromatic heterocycles. The largest absolute Gasteiger partial charge is 0.293 e. The average molecular weight is 418 g/mol. The zero-order valence-corrected chi connectivity index (χ0v) is 13.9. The van der Waals surface area contributed by atoms with Crippen molar-refractivity contribution >= 4 is 44.0 Å². The van der Waals surface area contributed by atoms with Gasteiger partial charge in [0.05, 0.1) is 9.82 Å². The molecule has 0 aliphatic carbocycles. The summed E-state index contributed by atoms with van der Waals surface area (Å²) in [5.74, 6) is 0. The Morgan fingerprint density at radius 1 is 1.14 bits per heavy atom. The van der Waals surface area contributed by atoms with E-state index in [1.807, 2.05) is 0 Å². The molecule has 21 heavy (non-hydrogen) atoms. The molecule has 0 unspecified atom stereocenters. The molecule has 8 heteroatoms. The standard InChI is InChI=1S/C13H11IN2O4S/c1-9-2-7-12(13(8-9)16(17)18)15-21(19,20)11-5-3-10(14)4-6-11/h2-8,15H,1H3. The predicted molar refractivity (Wildman–Crippen MR) is 87.8 cm³/mol. The molecule has 2 rings (SSSR count). The van der Waals surface area contributed by atoms with Crippen molar-refractivity contribution in [3.63, 3.8) is 0 Å². The minimum Gasteiger partial charge on any atom is -0.273 e. The fourth-order valence-electron chi connectivity index (χ4n) is 1.70. The Labute approximate surface area is 135 Å². The van der Waals surface area contributed by atoms with Crippen molar-refractivity contribution < 1.29 is 13.3 Å². The molecular weight excluding hydrogens is 407 g/mol. The van der Waals surface area contributed by atoms with E-state index in [0.717, 1.165) is 3.57 Å². The third-order valence-electron chi connectivity index (χ3n) is 2.72. The van der Waals surface area contributed by atoms with Gasteiger partial charge < -0.3 is 0 Å². The predicted octanol–water partition coefficient (Wildman–Crippen LogP) is 3.31. The fourth-order valence-corrected chi connectivity index (χ4v) is 3.13. The lowest BCUT2D eigenvalue weighted by Crippen LogP contribution is -2.14. The number of nitro benzene ring substituents is 1. The molecular formula is C13H11IN2O4S. The van der Waals surface area contributed by atoms with Crippen molar-refractivity contribution in [2.75, 3.05) is 4.72 Å². The summed E-state index contributed by atoms with van der Waals surface area (Å²) in [7, 11) is -3.86. The van der Waals surface area contributed by atoms with Crippen LogP contribution >= 0.6 is 22.6 Å². The van der Waals surface area contributed by atoms with E-state index in [-0.39, 0.29) is 16.3 Å². The van der Waals surface area contributed by atoms with Crippen LogP contribution in [-0.4, -0.2) is 13.3 Å². The summed E-state index contributed by atoms with van der Waals surface area (Å²) in [6.07, 6.45) is 0. The number of anilines is 1. The molecule has 110 valence electrons. The van der Waals surface area contributed by atoms with E-state index < -0.39 is 14.9 Å². The number of benzene rings is 2. The van der Waals surface area contributed by atoms with Crippen LogP contribution in [0, 0.1) is 20.6 Å². The number of sulfonamides is 1. The molecule has 0 aliphatic rings. The first-order valence-electron chi connectivity index (χ1n) is 5.83. The lowest BCUT2D eigenvalue weighted by Gasteiger charge is -2.09. The average Bonchev–Trinajstić information content (AvgIpc) is 2.41. The second-order valence-corrected chi connectivity index (χ2v) is 7.27. The van der Waals surface area contributed by atoms with Crippen LogP contribution in [0.3, 0.4) is 0 Å². The number of halogens is 1. The summed E-state index contributed by atoms with van der Waals surface area (Å²) in [5.41, 5.74) is 0.354. The Kier molecular flexibility index (Phi) is 4.47. The Balaban J connectivity index is 2.41.